The number of carbonyl (C=O) groups excluding carboxylic acids is 1. The van der Waals surface area contributed by atoms with Gasteiger partial charge in [-0.1, -0.05) is 24.3 Å². The van der Waals surface area contributed by atoms with Crippen molar-refractivity contribution in [2.75, 3.05) is 12.4 Å². The zero-order valence-electron chi connectivity index (χ0n) is 15.1. The second-order valence-electron chi connectivity index (χ2n) is 6.28. The van der Waals surface area contributed by atoms with Gasteiger partial charge in [-0.25, -0.2) is 4.98 Å². The number of nitrogens with zero attached hydrogens (tertiary/aromatic N) is 2. The highest BCUT2D eigenvalue weighted by atomic mass is 16.5. The van der Waals surface area contributed by atoms with E-state index in [1.54, 1.807) is 7.11 Å². The van der Waals surface area contributed by atoms with E-state index >= 15 is 0 Å². The summed E-state index contributed by atoms with van der Waals surface area (Å²) in [6.45, 7) is 1.50. The van der Waals surface area contributed by atoms with Gasteiger partial charge in [-0.05, 0) is 47.5 Å². The molecule has 1 N–H and O–H groups in total. The van der Waals surface area contributed by atoms with Gasteiger partial charge in [0.2, 0.25) is 5.91 Å². The second-order valence-corrected chi connectivity index (χ2v) is 6.28. The first kappa shape index (κ1) is 16.8. The van der Waals surface area contributed by atoms with Crippen molar-refractivity contribution in [3.63, 3.8) is 0 Å². The Morgan fingerprint density at radius 2 is 1.81 bits per heavy atom. The molecule has 0 bridgehead atoms. The van der Waals surface area contributed by atoms with Crippen LogP contribution in [0.2, 0.25) is 0 Å². The molecule has 0 saturated heterocycles. The quantitative estimate of drug-likeness (QED) is 0.579. The molecule has 1 amide bonds. The predicted molar refractivity (Wildman–Crippen MR) is 107 cm³/mol. The number of hydrogen-bond acceptors (Lipinski definition) is 3. The molecule has 0 saturated carbocycles. The third-order valence-corrected chi connectivity index (χ3v) is 4.39. The molecule has 27 heavy (non-hydrogen) atoms. The molecule has 0 aliphatic rings. The van der Waals surface area contributed by atoms with Crippen molar-refractivity contribution in [1.82, 2.24) is 9.38 Å². The van der Waals surface area contributed by atoms with E-state index in [9.17, 15) is 4.79 Å². The molecule has 0 fully saturated rings. The summed E-state index contributed by atoms with van der Waals surface area (Å²) < 4.78 is 7.39. The molecule has 0 radical (unpaired) electrons. The first-order valence-electron chi connectivity index (χ1n) is 8.63. The Kier molecular flexibility index (Phi) is 4.34. The van der Waals surface area contributed by atoms with Gasteiger partial charge in [0.05, 0.1) is 19.0 Å². The summed E-state index contributed by atoms with van der Waals surface area (Å²) in [5, 5.41) is 2.82. The highest BCUT2D eigenvalue weighted by Crippen LogP contribution is 2.28. The minimum atomic E-state index is -0.0920. The van der Waals surface area contributed by atoms with Gasteiger partial charge in [-0.2, -0.15) is 0 Å². The lowest BCUT2D eigenvalue weighted by Crippen LogP contribution is -2.05. The maximum atomic E-state index is 11.3. The van der Waals surface area contributed by atoms with Crippen LogP contribution in [0.15, 0.2) is 73.1 Å². The normalized spacial score (nSPS) is 10.7. The average Bonchev–Trinajstić information content (AvgIpc) is 3.11. The maximum absolute atomic E-state index is 11.3. The summed E-state index contributed by atoms with van der Waals surface area (Å²) >= 11 is 0. The van der Waals surface area contributed by atoms with Crippen molar-refractivity contribution in [3.05, 3.63) is 73.1 Å². The zero-order chi connectivity index (χ0) is 18.8. The molecule has 0 atom stereocenters. The molecule has 2 aromatic heterocycles. The van der Waals surface area contributed by atoms with E-state index in [4.69, 9.17) is 4.74 Å². The lowest BCUT2D eigenvalue weighted by Gasteiger charge is -2.08. The molecular formula is C22H19N3O2. The highest BCUT2D eigenvalue weighted by molar-refractivity contribution is 5.89. The number of nitrogens with one attached hydrogen (secondary N) is 1. The van der Waals surface area contributed by atoms with E-state index in [0.29, 0.717) is 0 Å². The van der Waals surface area contributed by atoms with Crippen LogP contribution in [0.25, 0.3) is 28.0 Å². The number of carbonyl (C=O) groups is 1. The molecule has 4 rings (SSSR count). The number of rotatable bonds is 4. The van der Waals surface area contributed by atoms with Gasteiger partial charge in [-0.15, -0.1) is 0 Å². The van der Waals surface area contributed by atoms with Gasteiger partial charge in [0.1, 0.15) is 11.4 Å². The first-order chi connectivity index (χ1) is 13.1. The van der Waals surface area contributed by atoms with Crippen molar-refractivity contribution < 1.29 is 9.53 Å². The van der Waals surface area contributed by atoms with Crippen LogP contribution in [0, 0.1) is 0 Å². The fourth-order valence-corrected chi connectivity index (χ4v) is 3.13. The molecule has 0 unspecified atom stereocenters. The number of aromatic nitrogens is 2. The Morgan fingerprint density at radius 3 is 2.63 bits per heavy atom. The van der Waals surface area contributed by atoms with Crippen molar-refractivity contribution in [2.24, 2.45) is 0 Å². The minimum absolute atomic E-state index is 0.0920. The number of anilines is 1. The third-order valence-electron chi connectivity index (χ3n) is 4.39. The van der Waals surface area contributed by atoms with Crippen molar-refractivity contribution in [3.8, 4) is 28.1 Å². The predicted octanol–water partition coefficient (Wildman–Crippen LogP) is 4.64. The van der Waals surface area contributed by atoms with E-state index in [1.165, 1.54) is 6.92 Å². The number of imidazole rings is 1. The smallest absolute Gasteiger partial charge is 0.221 e. The minimum Gasteiger partial charge on any atom is -0.497 e. The average molecular weight is 357 g/mol. The SMILES string of the molecule is COc1cccc(-c2ccc3ncc(-c4cccc(NC(C)=O)c4)n3c2)c1. The van der Waals surface area contributed by atoms with Crippen LogP contribution in [0.1, 0.15) is 6.92 Å². The largest absolute Gasteiger partial charge is 0.497 e. The number of hydrogen-bond donors (Lipinski definition) is 1. The Labute approximate surface area is 157 Å². The monoisotopic (exact) mass is 357 g/mol. The Bertz CT molecular complexity index is 1130. The molecule has 0 spiro atoms. The van der Waals surface area contributed by atoms with Crippen molar-refractivity contribution >= 4 is 17.2 Å². The lowest BCUT2D eigenvalue weighted by molar-refractivity contribution is -0.114. The summed E-state index contributed by atoms with van der Waals surface area (Å²) in [5.74, 6) is 0.729. The van der Waals surface area contributed by atoms with Gasteiger partial charge in [-0.3, -0.25) is 9.20 Å². The van der Waals surface area contributed by atoms with Gasteiger partial charge in [0, 0.05) is 24.4 Å². The number of fused-ring (bicyclic) bond motifs is 1. The van der Waals surface area contributed by atoms with Crippen molar-refractivity contribution in [1.29, 1.82) is 0 Å². The Morgan fingerprint density at radius 1 is 1.00 bits per heavy atom. The highest BCUT2D eigenvalue weighted by Gasteiger charge is 2.09. The third kappa shape index (κ3) is 3.40. The van der Waals surface area contributed by atoms with Crippen LogP contribution in [-0.2, 0) is 4.79 Å². The molecule has 5 heteroatoms. The molecular weight excluding hydrogens is 338 g/mol. The van der Waals surface area contributed by atoms with Gasteiger partial charge < -0.3 is 10.1 Å². The summed E-state index contributed by atoms with van der Waals surface area (Å²) in [6.07, 6.45) is 3.91. The van der Waals surface area contributed by atoms with Crippen LogP contribution >= 0.6 is 0 Å². The molecule has 2 heterocycles. The maximum Gasteiger partial charge on any atom is 0.221 e. The van der Waals surface area contributed by atoms with E-state index in [1.807, 2.05) is 54.7 Å². The van der Waals surface area contributed by atoms with Crippen LogP contribution < -0.4 is 10.1 Å². The second kappa shape index (κ2) is 6.96. The van der Waals surface area contributed by atoms with E-state index in [2.05, 4.69) is 33.0 Å². The number of benzene rings is 2. The molecule has 0 aliphatic heterocycles. The summed E-state index contributed by atoms with van der Waals surface area (Å²) in [7, 11) is 1.67. The molecule has 0 aliphatic carbocycles. The Balaban J connectivity index is 1.80. The van der Waals surface area contributed by atoms with Crippen LogP contribution in [0.5, 0.6) is 5.75 Å². The molecule has 5 nitrogen and oxygen atoms in total. The van der Waals surface area contributed by atoms with Crippen LogP contribution in [-0.4, -0.2) is 22.4 Å². The van der Waals surface area contributed by atoms with Gasteiger partial charge in [0.25, 0.3) is 0 Å². The first-order valence-corrected chi connectivity index (χ1v) is 8.63. The number of pyridine rings is 1. The van der Waals surface area contributed by atoms with Crippen LogP contribution in [0.4, 0.5) is 5.69 Å². The van der Waals surface area contributed by atoms with Crippen molar-refractivity contribution in [2.45, 2.75) is 6.92 Å². The molecule has 134 valence electrons. The number of methoxy groups -OCH3 is 1. The van der Waals surface area contributed by atoms with E-state index in [-0.39, 0.29) is 5.91 Å². The molecule has 2 aromatic carbocycles. The topological polar surface area (TPSA) is 55.6 Å². The van der Waals surface area contributed by atoms with Crippen LogP contribution in [0.3, 0.4) is 0 Å². The van der Waals surface area contributed by atoms with E-state index < -0.39 is 0 Å². The zero-order valence-corrected chi connectivity index (χ0v) is 15.1. The van der Waals surface area contributed by atoms with Gasteiger partial charge >= 0.3 is 0 Å². The fourth-order valence-electron chi connectivity index (χ4n) is 3.13. The van der Waals surface area contributed by atoms with Gasteiger partial charge in [0.15, 0.2) is 0 Å². The molecule has 4 aromatic rings. The summed E-state index contributed by atoms with van der Waals surface area (Å²) in [4.78, 5) is 15.8. The summed E-state index contributed by atoms with van der Waals surface area (Å²) in [5.41, 5.74) is 5.71. The standard InChI is InChI=1S/C22H19N3O2/c1-15(26)24-19-7-3-6-17(11-19)21-13-23-22-10-9-18(14-25(21)22)16-5-4-8-20(12-16)27-2/h3-14H,1-2H3,(H,24,26). The number of amides is 1. The fraction of sp³-hybridized carbons (Fsp3) is 0.0909. The Hall–Kier alpha value is -3.60. The lowest BCUT2D eigenvalue weighted by atomic mass is 10.1. The summed E-state index contributed by atoms with van der Waals surface area (Å²) in [6, 6.07) is 19.8. The van der Waals surface area contributed by atoms with E-state index in [0.717, 1.165) is 39.5 Å². The number of ether oxygens (including phenoxy) is 1.